The zero-order valence-corrected chi connectivity index (χ0v) is 18.4. The number of carbonyl (C=O) groups excluding carboxylic acids is 1. The highest BCUT2D eigenvalue weighted by Gasteiger charge is 2.26. The van der Waals surface area contributed by atoms with Gasteiger partial charge >= 0.3 is 0 Å². The summed E-state index contributed by atoms with van der Waals surface area (Å²) in [6, 6.07) is 14.0. The Balaban J connectivity index is 1.42. The number of hydrogen-bond acceptors (Lipinski definition) is 5. The third-order valence-corrected chi connectivity index (χ3v) is 6.00. The van der Waals surface area contributed by atoms with Crippen LogP contribution in [0.4, 0.5) is 5.69 Å². The van der Waals surface area contributed by atoms with Gasteiger partial charge in [-0.3, -0.25) is 4.79 Å². The average Bonchev–Trinajstić information content (AvgIpc) is 3.07. The number of aromatic nitrogens is 1. The van der Waals surface area contributed by atoms with Crippen molar-refractivity contribution in [2.45, 2.75) is 33.6 Å². The number of ether oxygens (including phenoxy) is 2. The van der Waals surface area contributed by atoms with Crippen LogP contribution in [0, 0.1) is 20.8 Å². The van der Waals surface area contributed by atoms with Crippen LogP contribution in [-0.2, 0) is 4.79 Å². The summed E-state index contributed by atoms with van der Waals surface area (Å²) in [5.41, 5.74) is 4.00. The monoisotopic (exact) mass is 422 g/mol. The summed E-state index contributed by atoms with van der Waals surface area (Å²) in [6.07, 6.45) is 1.73. The summed E-state index contributed by atoms with van der Waals surface area (Å²) < 4.78 is 11.5. The minimum Gasteiger partial charge on any atom is -0.494 e. The quantitative estimate of drug-likeness (QED) is 0.484. The summed E-state index contributed by atoms with van der Waals surface area (Å²) in [6.45, 7) is 7.50. The molecule has 0 fully saturated rings. The lowest BCUT2D eigenvalue weighted by atomic mass is 10.1. The first-order valence-corrected chi connectivity index (χ1v) is 11.0. The van der Waals surface area contributed by atoms with Crippen LogP contribution >= 0.6 is 11.3 Å². The van der Waals surface area contributed by atoms with Crippen LogP contribution in [0.3, 0.4) is 0 Å². The van der Waals surface area contributed by atoms with E-state index >= 15 is 0 Å². The minimum absolute atomic E-state index is 0.00886. The second kappa shape index (κ2) is 8.88. The topological polar surface area (TPSA) is 51.7 Å². The van der Waals surface area contributed by atoms with Crippen LogP contribution in [0.15, 0.2) is 42.5 Å². The van der Waals surface area contributed by atoms with Crippen molar-refractivity contribution < 1.29 is 14.3 Å². The first-order valence-electron chi connectivity index (χ1n) is 10.2. The van der Waals surface area contributed by atoms with Gasteiger partial charge in [0.05, 0.1) is 23.0 Å². The van der Waals surface area contributed by atoms with Crippen molar-refractivity contribution in [1.82, 2.24) is 4.98 Å². The Hall–Kier alpha value is -2.86. The third-order valence-electron chi connectivity index (χ3n) is 5.11. The Morgan fingerprint density at radius 2 is 2.00 bits per heavy atom. The first-order chi connectivity index (χ1) is 14.5. The van der Waals surface area contributed by atoms with Crippen LogP contribution in [0.2, 0.25) is 0 Å². The van der Waals surface area contributed by atoms with E-state index in [1.54, 1.807) is 11.3 Å². The van der Waals surface area contributed by atoms with E-state index in [1.165, 1.54) is 10.4 Å². The highest BCUT2D eigenvalue weighted by atomic mass is 32.1. The van der Waals surface area contributed by atoms with Gasteiger partial charge in [-0.25, -0.2) is 4.98 Å². The molecule has 0 aliphatic carbocycles. The Morgan fingerprint density at radius 3 is 2.77 bits per heavy atom. The van der Waals surface area contributed by atoms with E-state index in [4.69, 9.17) is 9.47 Å². The molecule has 1 aliphatic rings. The molecule has 5 nitrogen and oxygen atoms in total. The number of fused-ring (bicyclic) bond motifs is 1. The number of benzene rings is 2. The van der Waals surface area contributed by atoms with Crippen molar-refractivity contribution in [2.75, 3.05) is 24.7 Å². The second-order valence-electron chi connectivity index (χ2n) is 7.53. The van der Waals surface area contributed by atoms with E-state index in [0.717, 1.165) is 46.3 Å². The van der Waals surface area contributed by atoms with E-state index in [9.17, 15) is 4.79 Å². The van der Waals surface area contributed by atoms with Crippen LogP contribution in [-0.4, -0.2) is 30.6 Å². The standard InChI is InChI=1S/C24H26N2O3S/c1-16-7-6-8-20(13-16)28-12-5-4-11-26-21-14-19(24-17(2)30-18(3)25-24)9-10-22(21)29-15-23(26)27/h6-10,13-14H,4-5,11-12,15H2,1-3H3. The summed E-state index contributed by atoms with van der Waals surface area (Å²) in [5, 5.41) is 1.04. The molecule has 30 heavy (non-hydrogen) atoms. The number of unbranched alkanes of at least 4 members (excludes halogenated alkanes) is 1. The summed E-state index contributed by atoms with van der Waals surface area (Å²) >= 11 is 1.68. The molecule has 0 radical (unpaired) electrons. The van der Waals surface area contributed by atoms with E-state index in [2.05, 4.69) is 24.9 Å². The van der Waals surface area contributed by atoms with Gasteiger partial charge in [-0.2, -0.15) is 0 Å². The molecule has 1 aliphatic heterocycles. The molecule has 0 saturated heterocycles. The largest absolute Gasteiger partial charge is 0.494 e. The molecular weight excluding hydrogens is 396 g/mol. The molecule has 0 atom stereocenters. The van der Waals surface area contributed by atoms with Gasteiger partial charge in [0.15, 0.2) is 6.61 Å². The zero-order valence-electron chi connectivity index (χ0n) is 17.6. The third kappa shape index (κ3) is 4.49. The number of aryl methyl sites for hydroxylation is 3. The van der Waals surface area contributed by atoms with E-state index in [-0.39, 0.29) is 12.5 Å². The van der Waals surface area contributed by atoms with Gasteiger partial charge in [0.1, 0.15) is 11.5 Å². The summed E-state index contributed by atoms with van der Waals surface area (Å²) in [4.78, 5) is 20.2. The van der Waals surface area contributed by atoms with Crippen LogP contribution in [0.5, 0.6) is 11.5 Å². The number of thiazole rings is 1. The Kier molecular flexibility index (Phi) is 6.04. The van der Waals surface area contributed by atoms with Crippen LogP contribution in [0.1, 0.15) is 28.3 Å². The predicted molar refractivity (Wildman–Crippen MR) is 121 cm³/mol. The molecule has 6 heteroatoms. The lowest BCUT2D eigenvalue weighted by Gasteiger charge is -2.29. The molecule has 3 aromatic rings. The van der Waals surface area contributed by atoms with Crippen molar-refractivity contribution in [3.05, 3.63) is 57.9 Å². The van der Waals surface area contributed by atoms with Gasteiger partial charge in [-0.05, 0) is 69.5 Å². The van der Waals surface area contributed by atoms with Crippen molar-refractivity contribution in [2.24, 2.45) is 0 Å². The lowest BCUT2D eigenvalue weighted by Crippen LogP contribution is -2.39. The number of amides is 1. The fourth-order valence-corrected chi connectivity index (χ4v) is 4.50. The molecule has 0 bridgehead atoms. The predicted octanol–water partition coefficient (Wildman–Crippen LogP) is 5.32. The molecule has 4 rings (SSSR count). The van der Waals surface area contributed by atoms with Crippen molar-refractivity contribution in [3.63, 3.8) is 0 Å². The van der Waals surface area contributed by atoms with E-state index in [0.29, 0.717) is 13.2 Å². The molecule has 0 unspecified atom stereocenters. The number of anilines is 1. The molecule has 0 spiro atoms. The Morgan fingerprint density at radius 1 is 1.13 bits per heavy atom. The number of nitrogens with zero attached hydrogens (tertiary/aromatic N) is 2. The van der Waals surface area contributed by atoms with Crippen molar-refractivity contribution in [3.8, 4) is 22.8 Å². The first kappa shape index (κ1) is 20.4. The highest BCUT2D eigenvalue weighted by Crippen LogP contribution is 2.37. The van der Waals surface area contributed by atoms with Crippen molar-refractivity contribution in [1.29, 1.82) is 0 Å². The maximum Gasteiger partial charge on any atom is 0.265 e. The number of rotatable bonds is 7. The fourth-order valence-electron chi connectivity index (χ4n) is 3.66. The number of hydrogen-bond donors (Lipinski definition) is 0. The Labute approximate surface area is 181 Å². The fraction of sp³-hybridized carbons (Fsp3) is 0.333. The van der Waals surface area contributed by atoms with E-state index < -0.39 is 0 Å². The second-order valence-corrected chi connectivity index (χ2v) is 8.93. The smallest absolute Gasteiger partial charge is 0.265 e. The molecule has 0 N–H and O–H groups in total. The molecule has 1 amide bonds. The lowest BCUT2D eigenvalue weighted by molar-refractivity contribution is -0.121. The molecular formula is C24H26N2O3S. The van der Waals surface area contributed by atoms with Gasteiger partial charge in [0.2, 0.25) is 0 Å². The molecule has 1 aromatic heterocycles. The zero-order chi connectivity index (χ0) is 21.1. The van der Waals surface area contributed by atoms with Gasteiger partial charge in [0, 0.05) is 17.0 Å². The molecule has 2 aromatic carbocycles. The van der Waals surface area contributed by atoms with Gasteiger partial charge < -0.3 is 14.4 Å². The summed E-state index contributed by atoms with van der Waals surface area (Å²) in [5.74, 6) is 1.63. The Bertz CT molecular complexity index is 1060. The van der Waals surface area contributed by atoms with Gasteiger partial charge in [-0.1, -0.05) is 12.1 Å². The molecule has 2 heterocycles. The van der Waals surface area contributed by atoms with Crippen LogP contribution in [0.25, 0.3) is 11.3 Å². The normalized spacial score (nSPS) is 13.2. The molecule has 156 valence electrons. The maximum absolute atomic E-state index is 12.6. The van der Waals surface area contributed by atoms with E-state index in [1.807, 2.05) is 48.2 Å². The number of carbonyl (C=O) groups is 1. The molecule has 0 saturated carbocycles. The average molecular weight is 423 g/mol. The van der Waals surface area contributed by atoms with Gasteiger partial charge in [0.25, 0.3) is 5.91 Å². The highest BCUT2D eigenvalue weighted by molar-refractivity contribution is 7.11. The minimum atomic E-state index is -0.00886. The van der Waals surface area contributed by atoms with Crippen molar-refractivity contribution >= 4 is 22.9 Å². The summed E-state index contributed by atoms with van der Waals surface area (Å²) in [7, 11) is 0. The van der Waals surface area contributed by atoms with Crippen LogP contribution < -0.4 is 14.4 Å². The maximum atomic E-state index is 12.6. The van der Waals surface area contributed by atoms with Gasteiger partial charge in [-0.15, -0.1) is 11.3 Å². The SMILES string of the molecule is Cc1cccc(OCCCCN2C(=O)COc3ccc(-c4nc(C)sc4C)cc32)c1.